The SMILES string of the molecule is O=C(NCCCCl)C(=O)N(CCO)CCO. The van der Waals surface area contributed by atoms with Gasteiger partial charge in [0, 0.05) is 25.5 Å². The third-order valence-corrected chi connectivity index (χ3v) is 2.08. The summed E-state index contributed by atoms with van der Waals surface area (Å²) in [7, 11) is 0. The van der Waals surface area contributed by atoms with E-state index in [0.29, 0.717) is 18.8 Å². The smallest absolute Gasteiger partial charge is 0.312 e. The number of nitrogens with zero attached hydrogens (tertiary/aromatic N) is 1. The third kappa shape index (κ3) is 5.89. The lowest BCUT2D eigenvalue weighted by molar-refractivity contribution is -0.146. The Balaban J connectivity index is 4.09. The van der Waals surface area contributed by atoms with Gasteiger partial charge in [0.1, 0.15) is 0 Å². The molecule has 0 radical (unpaired) electrons. The minimum absolute atomic E-state index is 0.0301. The fourth-order valence-electron chi connectivity index (χ4n) is 1.04. The van der Waals surface area contributed by atoms with Crippen LogP contribution in [0.25, 0.3) is 0 Å². The molecule has 2 amide bonds. The van der Waals surface area contributed by atoms with Crippen molar-refractivity contribution in [3.05, 3.63) is 0 Å². The second kappa shape index (κ2) is 9.38. The van der Waals surface area contributed by atoms with Crippen LogP contribution >= 0.6 is 11.6 Å². The van der Waals surface area contributed by atoms with E-state index in [2.05, 4.69) is 5.32 Å². The van der Waals surface area contributed by atoms with Crippen molar-refractivity contribution in [1.82, 2.24) is 10.2 Å². The number of hydrogen-bond donors (Lipinski definition) is 3. The number of carbonyl (C=O) groups excluding carboxylic acids is 2. The van der Waals surface area contributed by atoms with E-state index in [1.807, 2.05) is 0 Å². The standard InChI is InChI=1S/C9H17ClN2O4/c10-2-1-3-11-8(15)9(16)12(4-6-13)5-7-14/h13-14H,1-7H2,(H,11,15). The Morgan fingerprint density at radius 2 is 1.75 bits per heavy atom. The lowest BCUT2D eigenvalue weighted by Crippen LogP contribution is -2.45. The highest BCUT2D eigenvalue weighted by atomic mass is 35.5. The highest BCUT2D eigenvalue weighted by molar-refractivity contribution is 6.35. The molecule has 6 nitrogen and oxygen atoms in total. The van der Waals surface area contributed by atoms with Crippen molar-refractivity contribution >= 4 is 23.4 Å². The Morgan fingerprint density at radius 3 is 2.19 bits per heavy atom. The molecule has 0 rings (SSSR count). The van der Waals surface area contributed by atoms with E-state index in [1.165, 1.54) is 0 Å². The van der Waals surface area contributed by atoms with Gasteiger partial charge in [-0.15, -0.1) is 11.6 Å². The van der Waals surface area contributed by atoms with E-state index in [9.17, 15) is 9.59 Å². The van der Waals surface area contributed by atoms with Gasteiger partial charge in [-0.2, -0.15) is 0 Å². The molecular weight excluding hydrogens is 236 g/mol. The zero-order valence-corrected chi connectivity index (χ0v) is 9.74. The number of nitrogens with one attached hydrogen (secondary N) is 1. The van der Waals surface area contributed by atoms with Crippen LogP contribution in [0.4, 0.5) is 0 Å². The number of aliphatic hydroxyl groups excluding tert-OH is 2. The van der Waals surface area contributed by atoms with Gasteiger partial charge in [0.25, 0.3) is 0 Å². The Bertz CT molecular complexity index is 220. The summed E-state index contributed by atoms with van der Waals surface area (Å²) in [5.41, 5.74) is 0. The largest absolute Gasteiger partial charge is 0.395 e. The molecule has 94 valence electrons. The molecule has 0 bridgehead atoms. The summed E-state index contributed by atoms with van der Waals surface area (Å²) in [5, 5.41) is 19.8. The average Bonchev–Trinajstić information content (AvgIpc) is 2.28. The van der Waals surface area contributed by atoms with Gasteiger partial charge in [-0.25, -0.2) is 0 Å². The van der Waals surface area contributed by atoms with E-state index in [-0.39, 0.29) is 26.3 Å². The average molecular weight is 253 g/mol. The first-order valence-electron chi connectivity index (χ1n) is 5.02. The van der Waals surface area contributed by atoms with Gasteiger partial charge >= 0.3 is 11.8 Å². The molecule has 0 aliphatic heterocycles. The van der Waals surface area contributed by atoms with Gasteiger partial charge in [-0.3, -0.25) is 9.59 Å². The minimum atomic E-state index is -0.752. The summed E-state index contributed by atoms with van der Waals surface area (Å²) in [6.45, 7) is -0.105. The highest BCUT2D eigenvalue weighted by Gasteiger charge is 2.20. The Labute approximate surface area is 99.2 Å². The quantitative estimate of drug-likeness (QED) is 0.294. The van der Waals surface area contributed by atoms with Gasteiger partial charge in [-0.1, -0.05) is 0 Å². The number of amides is 2. The van der Waals surface area contributed by atoms with Crippen LogP contribution in [0.3, 0.4) is 0 Å². The van der Waals surface area contributed by atoms with E-state index < -0.39 is 11.8 Å². The predicted octanol–water partition coefficient (Wildman–Crippen LogP) is -1.46. The molecule has 0 saturated heterocycles. The number of hydrogen-bond acceptors (Lipinski definition) is 4. The van der Waals surface area contributed by atoms with Crippen LogP contribution in [-0.2, 0) is 9.59 Å². The monoisotopic (exact) mass is 252 g/mol. The van der Waals surface area contributed by atoms with Crippen LogP contribution in [0.2, 0.25) is 0 Å². The molecule has 0 saturated carbocycles. The van der Waals surface area contributed by atoms with E-state index in [0.717, 1.165) is 4.90 Å². The van der Waals surface area contributed by atoms with Crippen molar-refractivity contribution < 1.29 is 19.8 Å². The Kier molecular flexibility index (Phi) is 8.88. The highest BCUT2D eigenvalue weighted by Crippen LogP contribution is 1.90. The Morgan fingerprint density at radius 1 is 1.19 bits per heavy atom. The molecular formula is C9H17ClN2O4. The number of carbonyl (C=O) groups is 2. The molecule has 16 heavy (non-hydrogen) atoms. The molecule has 0 spiro atoms. The van der Waals surface area contributed by atoms with Crippen molar-refractivity contribution in [2.24, 2.45) is 0 Å². The number of halogens is 1. The zero-order valence-electron chi connectivity index (χ0n) is 8.99. The lowest BCUT2D eigenvalue weighted by atomic mass is 10.4. The number of rotatable bonds is 7. The van der Waals surface area contributed by atoms with Crippen molar-refractivity contribution in [2.45, 2.75) is 6.42 Å². The maximum absolute atomic E-state index is 11.5. The van der Waals surface area contributed by atoms with E-state index in [4.69, 9.17) is 21.8 Å². The molecule has 0 fully saturated rings. The van der Waals surface area contributed by atoms with Gasteiger partial charge in [-0.05, 0) is 6.42 Å². The van der Waals surface area contributed by atoms with Gasteiger partial charge < -0.3 is 20.4 Å². The van der Waals surface area contributed by atoms with Gasteiger partial charge in [0.15, 0.2) is 0 Å². The van der Waals surface area contributed by atoms with Crippen molar-refractivity contribution in [3.8, 4) is 0 Å². The normalized spacial score (nSPS) is 9.94. The van der Waals surface area contributed by atoms with Gasteiger partial charge in [0.2, 0.25) is 0 Å². The van der Waals surface area contributed by atoms with Crippen LogP contribution in [0.1, 0.15) is 6.42 Å². The summed E-state index contributed by atoms with van der Waals surface area (Å²) in [4.78, 5) is 23.9. The predicted molar refractivity (Wildman–Crippen MR) is 59.1 cm³/mol. The van der Waals surface area contributed by atoms with E-state index >= 15 is 0 Å². The molecule has 3 N–H and O–H groups in total. The maximum Gasteiger partial charge on any atom is 0.312 e. The van der Waals surface area contributed by atoms with Crippen molar-refractivity contribution in [1.29, 1.82) is 0 Å². The number of alkyl halides is 1. The fraction of sp³-hybridized carbons (Fsp3) is 0.778. The lowest BCUT2D eigenvalue weighted by Gasteiger charge is -2.19. The minimum Gasteiger partial charge on any atom is -0.395 e. The molecule has 0 aromatic heterocycles. The first-order chi connectivity index (χ1) is 7.67. The molecule has 0 heterocycles. The van der Waals surface area contributed by atoms with Crippen LogP contribution in [0, 0.1) is 0 Å². The second-order valence-electron chi connectivity index (χ2n) is 3.04. The maximum atomic E-state index is 11.5. The molecule has 0 aromatic carbocycles. The summed E-state index contributed by atoms with van der Waals surface area (Å²) >= 11 is 5.41. The molecule has 0 aromatic rings. The summed E-state index contributed by atoms with van der Waals surface area (Å²) < 4.78 is 0. The van der Waals surface area contributed by atoms with Crippen LogP contribution in [0.5, 0.6) is 0 Å². The molecule has 0 atom stereocenters. The van der Waals surface area contributed by atoms with Crippen molar-refractivity contribution in [3.63, 3.8) is 0 Å². The summed E-state index contributed by atoms with van der Waals surface area (Å²) in [6.07, 6.45) is 0.584. The molecule has 0 aliphatic rings. The first kappa shape index (κ1) is 15.2. The van der Waals surface area contributed by atoms with Crippen LogP contribution in [-0.4, -0.2) is 65.7 Å². The fourth-order valence-corrected chi connectivity index (χ4v) is 1.18. The van der Waals surface area contributed by atoms with Crippen molar-refractivity contribution in [2.75, 3.05) is 38.7 Å². The molecule has 7 heteroatoms. The molecule has 0 aliphatic carbocycles. The summed E-state index contributed by atoms with van der Waals surface area (Å²) in [6, 6.07) is 0. The zero-order chi connectivity index (χ0) is 12.4. The number of aliphatic hydroxyl groups is 2. The first-order valence-corrected chi connectivity index (χ1v) is 5.55. The van der Waals surface area contributed by atoms with Gasteiger partial charge in [0.05, 0.1) is 13.2 Å². The van der Waals surface area contributed by atoms with Crippen LogP contribution < -0.4 is 5.32 Å². The topological polar surface area (TPSA) is 89.9 Å². The van der Waals surface area contributed by atoms with E-state index in [1.54, 1.807) is 0 Å². The third-order valence-electron chi connectivity index (χ3n) is 1.82. The second-order valence-corrected chi connectivity index (χ2v) is 3.42. The Hall–Kier alpha value is -0.850. The summed E-state index contributed by atoms with van der Waals surface area (Å²) in [5.74, 6) is -1.09. The van der Waals surface area contributed by atoms with Crippen LogP contribution in [0.15, 0.2) is 0 Å². The molecule has 0 unspecified atom stereocenters.